The largest absolute Gasteiger partial charge is 0.311 e. The lowest BCUT2D eigenvalue weighted by Gasteiger charge is -2.33. The van der Waals surface area contributed by atoms with E-state index in [1.54, 1.807) is 11.3 Å². The maximum absolute atomic E-state index is 4.64. The van der Waals surface area contributed by atoms with Crippen LogP contribution in [-0.2, 0) is 6.42 Å². The highest BCUT2D eigenvalue weighted by molar-refractivity contribution is 7.09. The zero-order valence-corrected chi connectivity index (χ0v) is 11.9. The van der Waals surface area contributed by atoms with Gasteiger partial charge in [0.05, 0.1) is 10.7 Å². The van der Waals surface area contributed by atoms with E-state index >= 15 is 0 Å². The predicted molar refractivity (Wildman–Crippen MR) is 74.7 cm³/mol. The first kappa shape index (κ1) is 13.0. The van der Waals surface area contributed by atoms with Gasteiger partial charge in [-0.25, -0.2) is 4.98 Å². The standard InChI is InChI=1S/C14H24N2S/c1-3-7-14(8-5-4-6-9-15-14)10-13-11-17-12(2)16-13/h11,15H,3-10H2,1-2H3. The Balaban J connectivity index is 2.09. The van der Waals surface area contributed by atoms with Crippen LogP contribution in [0.5, 0.6) is 0 Å². The summed E-state index contributed by atoms with van der Waals surface area (Å²) in [6.45, 7) is 5.57. The molecule has 2 heterocycles. The molecular formula is C14H24N2S. The van der Waals surface area contributed by atoms with Crippen LogP contribution in [0.2, 0.25) is 0 Å². The Morgan fingerprint density at radius 3 is 3.00 bits per heavy atom. The molecule has 0 saturated carbocycles. The summed E-state index contributed by atoms with van der Waals surface area (Å²) >= 11 is 1.78. The van der Waals surface area contributed by atoms with Crippen molar-refractivity contribution in [2.45, 2.75) is 64.3 Å². The van der Waals surface area contributed by atoms with E-state index < -0.39 is 0 Å². The number of thiazole rings is 1. The summed E-state index contributed by atoms with van der Waals surface area (Å²) in [4.78, 5) is 4.64. The summed E-state index contributed by atoms with van der Waals surface area (Å²) in [5, 5.41) is 7.25. The molecule has 1 aromatic rings. The molecule has 1 atom stereocenters. The fraction of sp³-hybridized carbons (Fsp3) is 0.786. The van der Waals surface area contributed by atoms with Crippen LogP contribution in [0.4, 0.5) is 0 Å². The van der Waals surface area contributed by atoms with Crippen molar-refractivity contribution in [3.05, 3.63) is 16.1 Å². The summed E-state index contributed by atoms with van der Waals surface area (Å²) in [5.74, 6) is 0. The van der Waals surface area contributed by atoms with Crippen LogP contribution in [-0.4, -0.2) is 17.1 Å². The van der Waals surface area contributed by atoms with Crippen molar-refractivity contribution < 1.29 is 0 Å². The van der Waals surface area contributed by atoms with Crippen LogP contribution in [0, 0.1) is 6.92 Å². The number of hydrogen-bond donors (Lipinski definition) is 1. The fourth-order valence-electron chi connectivity index (χ4n) is 2.97. The molecule has 1 fully saturated rings. The first-order valence-corrected chi connectivity index (χ1v) is 7.78. The SMILES string of the molecule is CCCC1(Cc2csc(C)n2)CCCCCN1. The van der Waals surface area contributed by atoms with Crippen molar-refractivity contribution in [1.29, 1.82) is 0 Å². The molecule has 2 nitrogen and oxygen atoms in total. The highest BCUT2D eigenvalue weighted by Gasteiger charge is 2.30. The summed E-state index contributed by atoms with van der Waals surface area (Å²) in [7, 11) is 0. The number of aromatic nitrogens is 1. The predicted octanol–water partition coefficient (Wildman–Crippen LogP) is 3.70. The molecule has 0 amide bonds. The maximum Gasteiger partial charge on any atom is 0.0897 e. The van der Waals surface area contributed by atoms with E-state index in [9.17, 15) is 0 Å². The molecule has 1 unspecified atom stereocenters. The molecule has 96 valence electrons. The Morgan fingerprint density at radius 2 is 2.29 bits per heavy atom. The van der Waals surface area contributed by atoms with E-state index in [1.807, 2.05) is 0 Å². The Kier molecular flexibility index (Phi) is 4.57. The van der Waals surface area contributed by atoms with E-state index in [1.165, 1.54) is 55.8 Å². The van der Waals surface area contributed by atoms with E-state index in [2.05, 4.69) is 29.5 Å². The topological polar surface area (TPSA) is 24.9 Å². The van der Waals surface area contributed by atoms with Gasteiger partial charge in [-0.1, -0.05) is 26.2 Å². The molecular weight excluding hydrogens is 228 g/mol. The van der Waals surface area contributed by atoms with Gasteiger partial charge in [0.25, 0.3) is 0 Å². The number of rotatable bonds is 4. The Labute approximate surface area is 109 Å². The lowest BCUT2D eigenvalue weighted by atomic mass is 9.84. The second-order valence-electron chi connectivity index (χ2n) is 5.30. The summed E-state index contributed by atoms with van der Waals surface area (Å²) < 4.78 is 0. The van der Waals surface area contributed by atoms with Gasteiger partial charge in [0.2, 0.25) is 0 Å². The first-order valence-electron chi connectivity index (χ1n) is 6.90. The second-order valence-corrected chi connectivity index (χ2v) is 6.36. The Morgan fingerprint density at radius 1 is 1.41 bits per heavy atom. The van der Waals surface area contributed by atoms with Crippen LogP contribution in [0.25, 0.3) is 0 Å². The van der Waals surface area contributed by atoms with Gasteiger partial charge in [0.15, 0.2) is 0 Å². The Bertz CT molecular complexity index is 338. The average molecular weight is 252 g/mol. The van der Waals surface area contributed by atoms with Gasteiger partial charge in [-0.05, 0) is 32.7 Å². The molecule has 0 radical (unpaired) electrons. The molecule has 1 N–H and O–H groups in total. The number of nitrogens with zero attached hydrogens (tertiary/aromatic N) is 1. The molecule has 3 heteroatoms. The van der Waals surface area contributed by atoms with Crippen molar-refractivity contribution in [2.24, 2.45) is 0 Å². The monoisotopic (exact) mass is 252 g/mol. The highest BCUT2D eigenvalue weighted by Crippen LogP contribution is 2.28. The summed E-state index contributed by atoms with van der Waals surface area (Å²) in [5.41, 5.74) is 1.61. The van der Waals surface area contributed by atoms with Crippen molar-refractivity contribution >= 4 is 11.3 Å². The lowest BCUT2D eigenvalue weighted by molar-refractivity contribution is 0.286. The molecule has 0 spiro atoms. The highest BCUT2D eigenvalue weighted by atomic mass is 32.1. The molecule has 1 aliphatic rings. The first-order chi connectivity index (χ1) is 8.24. The van der Waals surface area contributed by atoms with Crippen LogP contribution < -0.4 is 5.32 Å². The lowest BCUT2D eigenvalue weighted by Crippen LogP contribution is -2.46. The molecule has 0 aliphatic carbocycles. The van der Waals surface area contributed by atoms with E-state index in [0.29, 0.717) is 5.54 Å². The minimum Gasteiger partial charge on any atom is -0.311 e. The zero-order valence-electron chi connectivity index (χ0n) is 11.1. The van der Waals surface area contributed by atoms with Crippen LogP contribution in [0.15, 0.2) is 5.38 Å². The minimum atomic E-state index is 0.325. The van der Waals surface area contributed by atoms with Crippen molar-refractivity contribution in [3.8, 4) is 0 Å². The quantitative estimate of drug-likeness (QED) is 0.884. The number of aryl methyl sites for hydroxylation is 1. The van der Waals surface area contributed by atoms with Gasteiger partial charge in [-0.2, -0.15) is 0 Å². The zero-order chi connectivity index (χ0) is 12.1. The molecule has 0 bridgehead atoms. The van der Waals surface area contributed by atoms with Crippen molar-refractivity contribution in [3.63, 3.8) is 0 Å². The molecule has 1 aliphatic heterocycles. The summed E-state index contributed by atoms with van der Waals surface area (Å²) in [6, 6.07) is 0. The molecule has 1 aromatic heterocycles. The van der Waals surface area contributed by atoms with Gasteiger partial charge in [0, 0.05) is 17.3 Å². The number of hydrogen-bond acceptors (Lipinski definition) is 3. The maximum atomic E-state index is 4.64. The summed E-state index contributed by atoms with van der Waals surface area (Å²) in [6.07, 6.45) is 9.06. The smallest absolute Gasteiger partial charge is 0.0897 e. The van der Waals surface area contributed by atoms with E-state index in [-0.39, 0.29) is 0 Å². The van der Waals surface area contributed by atoms with E-state index in [0.717, 1.165) is 6.42 Å². The van der Waals surface area contributed by atoms with Crippen LogP contribution >= 0.6 is 11.3 Å². The van der Waals surface area contributed by atoms with Crippen molar-refractivity contribution in [2.75, 3.05) is 6.54 Å². The van der Waals surface area contributed by atoms with Gasteiger partial charge < -0.3 is 5.32 Å². The van der Waals surface area contributed by atoms with Crippen LogP contribution in [0.3, 0.4) is 0 Å². The minimum absolute atomic E-state index is 0.325. The van der Waals surface area contributed by atoms with Gasteiger partial charge >= 0.3 is 0 Å². The molecule has 1 saturated heterocycles. The van der Waals surface area contributed by atoms with E-state index in [4.69, 9.17) is 0 Å². The Hall–Kier alpha value is -0.410. The van der Waals surface area contributed by atoms with Crippen molar-refractivity contribution in [1.82, 2.24) is 10.3 Å². The number of nitrogens with one attached hydrogen (secondary N) is 1. The van der Waals surface area contributed by atoms with Gasteiger partial charge in [-0.3, -0.25) is 0 Å². The van der Waals surface area contributed by atoms with Gasteiger partial charge in [0.1, 0.15) is 0 Å². The second kappa shape index (κ2) is 5.96. The molecule has 0 aromatic carbocycles. The third-order valence-electron chi connectivity index (χ3n) is 3.75. The average Bonchev–Trinajstić information content (AvgIpc) is 2.57. The normalized spacial score (nSPS) is 25.8. The fourth-order valence-corrected chi connectivity index (χ4v) is 3.59. The van der Waals surface area contributed by atoms with Crippen LogP contribution in [0.1, 0.15) is 56.2 Å². The molecule has 2 rings (SSSR count). The van der Waals surface area contributed by atoms with Gasteiger partial charge in [-0.15, -0.1) is 11.3 Å². The molecule has 17 heavy (non-hydrogen) atoms. The third kappa shape index (κ3) is 3.52. The third-order valence-corrected chi connectivity index (χ3v) is 4.57.